The molecule has 2 rings (SSSR count). The Labute approximate surface area is 119 Å². The van der Waals surface area contributed by atoms with Gasteiger partial charge in [0.2, 0.25) is 0 Å². The number of carbonyl (C=O) groups is 1. The van der Waals surface area contributed by atoms with Gasteiger partial charge < -0.3 is 9.64 Å². The number of hydrogen-bond donors (Lipinski definition) is 0. The van der Waals surface area contributed by atoms with Crippen LogP contribution in [0.15, 0.2) is 24.3 Å². The van der Waals surface area contributed by atoms with Crippen LogP contribution in [0.5, 0.6) is 0 Å². The van der Waals surface area contributed by atoms with Crippen LogP contribution in [0.2, 0.25) is 5.02 Å². The smallest absolute Gasteiger partial charge is 0.164 e. The Hall–Kier alpha value is -0.900. The topological polar surface area (TPSA) is 29.5 Å². The summed E-state index contributed by atoms with van der Waals surface area (Å²) in [5, 5.41) is 0.618. The van der Waals surface area contributed by atoms with Gasteiger partial charge in [-0.2, -0.15) is 0 Å². The van der Waals surface area contributed by atoms with E-state index in [4.69, 9.17) is 16.3 Å². The SMILES string of the molecule is COCC1CCN(CCC(=O)c2cccc(Cl)c2)C1. The van der Waals surface area contributed by atoms with Crippen LogP contribution in [0.1, 0.15) is 23.2 Å². The van der Waals surface area contributed by atoms with Crippen molar-refractivity contribution in [1.82, 2.24) is 4.90 Å². The van der Waals surface area contributed by atoms with E-state index in [-0.39, 0.29) is 5.78 Å². The van der Waals surface area contributed by atoms with Crippen molar-refractivity contribution in [1.29, 1.82) is 0 Å². The normalized spacial score (nSPS) is 19.8. The van der Waals surface area contributed by atoms with Gasteiger partial charge in [0.25, 0.3) is 0 Å². The third-order valence-corrected chi connectivity index (χ3v) is 3.81. The maximum Gasteiger partial charge on any atom is 0.164 e. The minimum absolute atomic E-state index is 0.165. The summed E-state index contributed by atoms with van der Waals surface area (Å²) in [4.78, 5) is 14.4. The van der Waals surface area contributed by atoms with Crippen LogP contribution in [0.25, 0.3) is 0 Å². The fourth-order valence-corrected chi connectivity index (χ4v) is 2.74. The summed E-state index contributed by atoms with van der Waals surface area (Å²) >= 11 is 5.89. The largest absolute Gasteiger partial charge is 0.384 e. The molecule has 0 aromatic heterocycles. The lowest BCUT2D eigenvalue weighted by Gasteiger charge is -2.15. The lowest BCUT2D eigenvalue weighted by molar-refractivity contribution is 0.0966. The number of Topliss-reactive ketones (excluding diaryl/α,β-unsaturated/α-hetero) is 1. The summed E-state index contributed by atoms with van der Waals surface area (Å²) in [5.74, 6) is 0.781. The summed E-state index contributed by atoms with van der Waals surface area (Å²) in [6.07, 6.45) is 1.72. The minimum atomic E-state index is 0.165. The molecule has 0 amide bonds. The minimum Gasteiger partial charge on any atom is -0.384 e. The van der Waals surface area contributed by atoms with Gasteiger partial charge in [-0.15, -0.1) is 0 Å². The number of methoxy groups -OCH3 is 1. The summed E-state index contributed by atoms with van der Waals surface area (Å²) in [7, 11) is 1.74. The highest BCUT2D eigenvalue weighted by Crippen LogP contribution is 2.17. The fraction of sp³-hybridized carbons (Fsp3) is 0.533. The predicted molar refractivity (Wildman–Crippen MR) is 76.8 cm³/mol. The number of ketones is 1. The van der Waals surface area contributed by atoms with E-state index >= 15 is 0 Å². The molecular formula is C15H20ClNO2. The number of nitrogens with zero attached hydrogens (tertiary/aromatic N) is 1. The van der Waals surface area contributed by atoms with Crippen molar-refractivity contribution < 1.29 is 9.53 Å². The van der Waals surface area contributed by atoms with E-state index in [1.54, 1.807) is 19.2 Å². The van der Waals surface area contributed by atoms with Gasteiger partial charge in [-0.05, 0) is 31.0 Å². The standard InChI is InChI=1S/C15H20ClNO2/c1-19-11-12-5-7-17(10-12)8-6-15(18)13-3-2-4-14(16)9-13/h2-4,9,12H,5-8,10-11H2,1H3. The van der Waals surface area contributed by atoms with E-state index in [9.17, 15) is 4.79 Å². The summed E-state index contributed by atoms with van der Waals surface area (Å²) in [6, 6.07) is 7.17. The van der Waals surface area contributed by atoms with Crippen molar-refractivity contribution in [3.63, 3.8) is 0 Å². The molecule has 0 bridgehead atoms. The number of carbonyl (C=O) groups excluding carboxylic acids is 1. The zero-order chi connectivity index (χ0) is 13.7. The Morgan fingerprint density at radius 2 is 2.37 bits per heavy atom. The molecule has 0 saturated carbocycles. The first kappa shape index (κ1) is 14.5. The number of benzene rings is 1. The molecule has 104 valence electrons. The first-order valence-electron chi connectivity index (χ1n) is 6.69. The summed E-state index contributed by atoms with van der Waals surface area (Å²) in [5.41, 5.74) is 0.708. The summed E-state index contributed by atoms with van der Waals surface area (Å²) in [6.45, 7) is 3.75. The van der Waals surface area contributed by atoms with Crippen LogP contribution < -0.4 is 0 Å². The Morgan fingerprint density at radius 1 is 1.53 bits per heavy atom. The second-order valence-electron chi connectivity index (χ2n) is 5.09. The van der Waals surface area contributed by atoms with E-state index in [1.165, 1.54) is 6.42 Å². The number of halogens is 1. The van der Waals surface area contributed by atoms with Crippen molar-refractivity contribution in [2.24, 2.45) is 5.92 Å². The summed E-state index contributed by atoms with van der Waals surface area (Å²) < 4.78 is 5.17. The Kier molecular flexibility index (Phi) is 5.37. The van der Waals surface area contributed by atoms with Crippen LogP contribution in [0.3, 0.4) is 0 Å². The molecule has 1 atom stereocenters. The first-order valence-corrected chi connectivity index (χ1v) is 7.07. The van der Waals surface area contributed by atoms with Crippen LogP contribution in [0, 0.1) is 5.92 Å². The number of rotatable bonds is 6. The molecule has 1 aromatic rings. The number of hydrogen-bond acceptors (Lipinski definition) is 3. The van der Waals surface area contributed by atoms with E-state index in [1.807, 2.05) is 12.1 Å². The van der Waals surface area contributed by atoms with Gasteiger partial charge in [0, 0.05) is 37.2 Å². The molecular weight excluding hydrogens is 262 g/mol. The van der Waals surface area contributed by atoms with Crippen molar-refractivity contribution >= 4 is 17.4 Å². The molecule has 1 aliphatic rings. The van der Waals surface area contributed by atoms with Crippen molar-refractivity contribution in [2.45, 2.75) is 12.8 Å². The molecule has 0 radical (unpaired) electrons. The van der Waals surface area contributed by atoms with E-state index < -0.39 is 0 Å². The van der Waals surface area contributed by atoms with Crippen LogP contribution in [-0.2, 0) is 4.74 Å². The Balaban J connectivity index is 1.78. The molecule has 1 heterocycles. The van der Waals surface area contributed by atoms with Gasteiger partial charge >= 0.3 is 0 Å². The van der Waals surface area contributed by atoms with E-state index in [0.717, 1.165) is 26.2 Å². The molecule has 1 fully saturated rings. The second kappa shape index (κ2) is 7.04. The molecule has 4 heteroatoms. The molecule has 0 spiro atoms. The Bertz CT molecular complexity index is 436. The van der Waals surface area contributed by atoms with Gasteiger partial charge in [-0.3, -0.25) is 4.79 Å². The van der Waals surface area contributed by atoms with Crippen LogP contribution in [0.4, 0.5) is 0 Å². The van der Waals surface area contributed by atoms with Crippen molar-refractivity contribution in [2.75, 3.05) is 33.4 Å². The van der Waals surface area contributed by atoms with E-state index in [0.29, 0.717) is 22.9 Å². The molecule has 0 N–H and O–H groups in total. The zero-order valence-corrected chi connectivity index (χ0v) is 12.0. The lowest BCUT2D eigenvalue weighted by Crippen LogP contribution is -2.24. The highest BCUT2D eigenvalue weighted by molar-refractivity contribution is 6.31. The molecule has 3 nitrogen and oxygen atoms in total. The maximum absolute atomic E-state index is 12.1. The van der Waals surface area contributed by atoms with Gasteiger partial charge in [0.15, 0.2) is 5.78 Å². The monoisotopic (exact) mass is 281 g/mol. The van der Waals surface area contributed by atoms with Crippen LogP contribution in [-0.4, -0.2) is 44.0 Å². The highest BCUT2D eigenvalue weighted by Gasteiger charge is 2.22. The average molecular weight is 282 g/mol. The maximum atomic E-state index is 12.1. The quantitative estimate of drug-likeness (QED) is 0.751. The third kappa shape index (κ3) is 4.30. The highest BCUT2D eigenvalue weighted by atomic mass is 35.5. The van der Waals surface area contributed by atoms with Crippen molar-refractivity contribution in [3.05, 3.63) is 34.9 Å². The van der Waals surface area contributed by atoms with Gasteiger partial charge in [-0.1, -0.05) is 23.7 Å². The molecule has 1 saturated heterocycles. The Morgan fingerprint density at radius 3 is 3.11 bits per heavy atom. The first-order chi connectivity index (χ1) is 9.19. The molecule has 0 aliphatic carbocycles. The fourth-order valence-electron chi connectivity index (χ4n) is 2.55. The second-order valence-corrected chi connectivity index (χ2v) is 5.53. The van der Waals surface area contributed by atoms with Gasteiger partial charge in [-0.25, -0.2) is 0 Å². The number of ether oxygens (including phenoxy) is 1. The van der Waals surface area contributed by atoms with Crippen LogP contribution >= 0.6 is 11.6 Å². The predicted octanol–water partition coefficient (Wildman–Crippen LogP) is 2.88. The number of likely N-dealkylation sites (tertiary alicyclic amines) is 1. The third-order valence-electron chi connectivity index (χ3n) is 3.57. The average Bonchev–Trinajstić information content (AvgIpc) is 2.84. The van der Waals surface area contributed by atoms with E-state index in [2.05, 4.69) is 4.90 Å². The zero-order valence-electron chi connectivity index (χ0n) is 11.3. The molecule has 1 unspecified atom stereocenters. The molecule has 19 heavy (non-hydrogen) atoms. The van der Waals surface area contributed by atoms with Crippen molar-refractivity contribution in [3.8, 4) is 0 Å². The van der Waals surface area contributed by atoms with Gasteiger partial charge in [0.1, 0.15) is 0 Å². The molecule has 1 aromatic carbocycles. The lowest BCUT2D eigenvalue weighted by atomic mass is 10.1. The van der Waals surface area contributed by atoms with Gasteiger partial charge in [0.05, 0.1) is 6.61 Å². The molecule has 1 aliphatic heterocycles.